The molecule has 1 N–H and O–H groups in total. The van der Waals surface area contributed by atoms with Gasteiger partial charge in [-0.05, 0) is 73.4 Å². The molecular formula is C14H20BrFN2. The van der Waals surface area contributed by atoms with E-state index in [-0.39, 0.29) is 5.82 Å². The SMILES string of the molecule is CC(Nc1ccc(F)c(Br)c1)C1CCCN(C)C1. The standard InChI is InChI=1S/C14H20BrFN2/c1-10(11-4-3-7-18(2)9-11)17-12-5-6-14(16)13(15)8-12/h5-6,8,10-11,17H,3-4,7,9H2,1-2H3. The van der Waals surface area contributed by atoms with E-state index in [9.17, 15) is 4.39 Å². The molecule has 2 nitrogen and oxygen atoms in total. The molecular weight excluding hydrogens is 295 g/mol. The van der Waals surface area contributed by atoms with Gasteiger partial charge >= 0.3 is 0 Å². The maximum Gasteiger partial charge on any atom is 0.137 e. The summed E-state index contributed by atoms with van der Waals surface area (Å²) in [6, 6.07) is 5.50. The zero-order valence-corrected chi connectivity index (χ0v) is 12.5. The third kappa shape index (κ3) is 3.45. The van der Waals surface area contributed by atoms with Crippen molar-refractivity contribution in [2.24, 2.45) is 5.92 Å². The normalized spacial score (nSPS) is 22.8. The molecule has 1 fully saturated rings. The van der Waals surface area contributed by atoms with Crippen LogP contribution < -0.4 is 5.32 Å². The molecule has 0 bridgehead atoms. The van der Waals surface area contributed by atoms with Crippen molar-refractivity contribution in [3.63, 3.8) is 0 Å². The molecule has 0 aromatic heterocycles. The Kier molecular flexibility index (Phi) is 4.62. The van der Waals surface area contributed by atoms with E-state index >= 15 is 0 Å². The van der Waals surface area contributed by atoms with Gasteiger partial charge in [-0.2, -0.15) is 0 Å². The van der Waals surface area contributed by atoms with Gasteiger partial charge in [-0.1, -0.05) is 0 Å². The fourth-order valence-corrected chi connectivity index (χ4v) is 2.96. The van der Waals surface area contributed by atoms with Gasteiger partial charge in [0.15, 0.2) is 0 Å². The summed E-state index contributed by atoms with van der Waals surface area (Å²) in [6.45, 7) is 4.54. The summed E-state index contributed by atoms with van der Waals surface area (Å²) in [5, 5.41) is 3.48. The smallest absolute Gasteiger partial charge is 0.137 e. The molecule has 100 valence electrons. The van der Waals surface area contributed by atoms with Crippen molar-refractivity contribution in [2.75, 3.05) is 25.5 Å². The molecule has 1 aliphatic heterocycles. The molecule has 0 aliphatic carbocycles. The van der Waals surface area contributed by atoms with Crippen molar-refractivity contribution < 1.29 is 4.39 Å². The summed E-state index contributed by atoms with van der Waals surface area (Å²) in [5.74, 6) is 0.443. The van der Waals surface area contributed by atoms with Crippen LogP contribution in [0.2, 0.25) is 0 Å². The van der Waals surface area contributed by atoms with E-state index in [1.54, 1.807) is 12.1 Å². The quantitative estimate of drug-likeness (QED) is 0.914. The Morgan fingerprint density at radius 1 is 1.50 bits per heavy atom. The largest absolute Gasteiger partial charge is 0.382 e. The Hall–Kier alpha value is -0.610. The second kappa shape index (κ2) is 6.02. The summed E-state index contributed by atoms with van der Waals surface area (Å²) < 4.78 is 13.7. The Bertz CT molecular complexity index is 411. The van der Waals surface area contributed by atoms with Crippen LogP contribution in [-0.4, -0.2) is 31.1 Å². The second-order valence-electron chi connectivity index (χ2n) is 5.23. The molecule has 0 spiro atoms. The maximum absolute atomic E-state index is 13.2. The Morgan fingerprint density at radius 3 is 2.94 bits per heavy atom. The van der Waals surface area contributed by atoms with E-state index in [1.165, 1.54) is 25.5 Å². The molecule has 0 saturated carbocycles. The average Bonchev–Trinajstić information content (AvgIpc) is 2.34. The molecule has 18 heavy (non-hydrogen) atoms. The van der Waals surface area contributed by atoms with Crippen molar-refractivity contribution in [2.45, 2.75) is 25.8 Å². The number of anilines is 1. The van der Waals surface area contributed by atoms with E-state index in [0.717, 1.165) is 12.2 Å². The van der Waals surface area contributed by atoms with Crippen LogP contribution in [0.15, 0.2) is 22.7 Å². The van der Waals surface area contributed by atoms with Crippen molar-refractivity contribution in [1.82, 2.24) is 4.90 Å². The number of hydrogen-bond acceptors (Lipinski definition) is 2. The van der Waals surface area contributed by atoms with Crippen LogP contribution in [0, 0.1) is 11.7 Å². The highest BCUT2D eigenvalue weighted by Gasteiger charge is 2.22. The molecule has 2 rings (SSSR count). The van der Waals surface area contributed by atoms with Crippen molar-refractivity contribution in [1.29, 1.82) is 0 Å². The summed E-state index contributed by atoms with van der Waals surface area (Å²) >= 11 is 3.22. The van der Waals surface area contributed by atoms with Crippen LogP contribution >= 0.6 is 15.9 Å². The molecule has 0 amide bonds. The first-order valence-electron chi connectivity index (χ1n) is 6.46. The molecule has 1 saturated heterocycles. The summed E-state index contributed by atoms with van der Waals surface area (Å²) in [4.78, 5) is 2.38. The minimum Gasteiger partial charge on any atom is -0.382 e. The monoisotopic (exact) mass is 314 g/mol. The molecule has 0 radical (unpaired) electrons. The molecule has 4 heteroatoms. The number of hydrogen-bond donors (Lipinski definition) is 1. The predicted octanol–water partition coefficient (Wildman–Crippen LogP) is 3.73. The zero-order chi connectivity index (χ0) is 13.1. The molecule has 2 atom stereocenters. The number of nitrogens with one attached hydrogen (secondary N) is 1. The lowest BCUT2D eigenvalue weighted by atomic mass is 9.92. The van der Waals surface area contributed by atoms with Gasteiger partial charge in [0.1, 0.15) is 5.82 Å². The summed E-state index contributed by atoms with van der Waals surface area (Å²) in [6.07, 6.45) is 2.53. The first kappa shape index (κ1) is 13.8. The number of rotatable bonds is 3. The van der Waals surface area contributed by atoms with Crippen LogP contribution in [0.3, 0.4) is 0 Å². The van der Waals surface area contributed by atoms with Gasteiger partial charge in [-0.15, -0.1) is 0 Å². The van der Waals surface area contributed by atoms with Gasteiger partial charge < -0.3 is 10.2 Å². The Morgan fingerprint density at radius 2 is 2.28 bits per heavy atom. The van der Waals surface area contributed by atoms with Gasteiger partial charge in [0.25, 0.3) is 0 Å². The highest BCUT2D eigenvalue weighted by molar-refractivity contribution is 9.10. The lowest BCUT2D eigenvalue weighted by Gasteiger charge is -2.34. The van der Waals surface area contributed by atoms with Gasteiger partial charge in [0, 0.05) is 18.3 Å². The number of nitrogens with zero attached hydrogens (tertiary/aromatic N) is 1. The summed E-state index contributed by atoms with van der Waals surface area (Å²) in [7, 11) is 2.17. The highest BCUT2D eigenvalue weighted by atomic mass is 79.9. The van der Waals surface area contributed by atoms with Crippen LogP contribution in [0.4, 0.5) is 10.1 Å². The van der Waals surface area contributed by atoms with Gasteiger partial charge in [0.2, 0.25) is 0 Å². The number of likely N-dealkylation sites (tertiary alicyclic amines) is 1. The predicted molar refractivity (Wildman–Crippen MR) is 77.4 cm³/mol. The Balaban J connectivity index is 1.97. The summed E-state index contributed by atoms with van der Waals surface area (Å²) in [5.41, 5.74) is 0.976. The van der Waals surface area contributed by atoms with E-state index in [1.807, 2.05) is 0 Å². The van der Waals surface area contributed by atoms with Gasteiger partial charge in [0.05, 0.1) is 4.47 Å². The lowest BCUT2D eigenvalue weighted by molar-refractivity contribution is 0.197. The average molecular weight is 315 g/mol. The first-order chi connectivity index (χ1) is 8.56. The van der Waals surface area contributed by atoms with E-state index in [2.05, 4.69) is 40.1 Å². The van der Waals surface area contributed by atoms with Crippen LogP contribution in [0.5, 0.6) is 0 Å². The molecule has 2 unspecified atom stereocenters. The fraction of sp³-hybridized carbons (Fsp3) is 0.571. The Labute approximate surface area is 117 Å². The topological polar surface area (TPSA) is 15.3 Å². The number of piperidine rings is 1. The van der Waals surface area contributed by atoms with E-state index < -0.39 is 0 Å². The third-order valence-electron chi connectivity index (χ3n) is 3.68. The first-order valence-corrected chi connectivity index (χ1v) is 7.25. The lowest BCUT2D eigenvalue weighted by Crippen LogP contribution is -2.39. The number of halogens is 2. The van der Waals surface area contributed by atoms with Crippen molar-refractivity contribution in [3.05, 3.63) is 28.5 Å². The van der Waals surface area contributed by atoms with Crippen LogP contribution in [0.1, 0.15) is 19.8 Å². The van der Waals surface area contributed by atoms with E-state index in [0.29, 0.717) is 16.4 Å². The second-order valence-corrected chi connectivity index (χ2v) is 6.08. The molecule has 1 heterocycles. The molecule has 1 aromatic carbocycles. The van der Waals surface area contributed by atoms with Crippen LogP contribution in [0.25, 0.3) is 0 Å². The molecule has 1 aliphatic rings. The fourth-order valence-electron chi connectivity index (χ4n) is 2.58. The maximum atomic E-state index is 13.2. The third-order valence-corrected chi connectivity index (χ3v) is 4.29. The van der Waals surface area contributed by atoms with Gasteiger partial charge in [-0.3, -0.25) is 0 Å². The minimum absolute atomic E-state index is 0.217. The zero-order valence-electron chi connectivity index (χ0n) is 10.9. The molecule has 1 aromatic rings. The van der Waals surface area contributed by atoms with Crippen molar-refractivity contribution >= 4 is 21.6 Å². The number of benzene rings is 1. The van der Waals surface area contributed by atoms with E-state index in [4.69, 9.17) is 0 Å². The van der Waals surface area contributed by atoms with Crippen molar-refractivity contribution in [3.8, 4) is 0 Å². The highest BCUT2D eigenvalue weighted by Crippen LogP contribution is 2.24. The van der Waals surface area contributed by atoms with Gasteiger partial charge in [-0.25, -0.2) is 4.39 Å². The minimum atomic E-state index is -0.217. The van der Waals surface area contributed by atoms with Crippen LogP contribution in [-0.2, 0) is 0 Å².